The molecule has 1 aliphatic carbocycles. The molecule has 0 heterocycles. The molecule has 40 heavy (non-hydrogen) atoms. The van der Waals surface area contributed by atoms with E-state index in [-0.39, 0.29) is 23.8 Å². The first-order valence-electron chi connectivity index (χ1n) is 17.7. The maximum absolute atomic E-state index is 12.4. The Kier molecular flexibility index (Phi) is 23.7. The number of ether oxygens (including phenoxy) is 2. The van der Waals surface area contributed by atoms with E-state index in [0.29, 0.717) is 13.2 Å². The van der Waals surface area contributed by atoms with Crippen LogP contribution in [0.5, 0.6) is 0 Å². The van der Waals surface area contributed by atoms with Crippen molar-refractivity contribution in [3.8, 4) is 0 Å². The van der Waals surface area contributed by atoms with E-state index >= 15 is 0 Å². The fourth-order valence-electron chi connectivity index (χ4n) is 5.93. The summed E-state index contributed by atoms with van der Waals surface area (Å²) in [5, 5.41) is 0. The zero-order valence-corrected chi connectivity index (χ0v) is 27.3. The summed E-state index contributed by atoms with van der Waals surface area (Å²) in [4.78, 5) is 24.9. The van der Waals surface area contributed by atoms with Gasteiger partial charge in [0.2, 0.25) is 0 Å². The molecule has 1 rings (SSSR count). The summed E-state index contributed by atoms with van der Waals surface area (Å²) in [6, 6.07) is 0. The first-order valence-corrected chi connectivity index (χ1v) is 17.7. The van der Waals surface area contributed by atoms with Crippen molar-refractivity contribution in [3.05, 3.63) is 0 Å². The summed E-state index contributed by atoms with van der Waals surface area (Å²) in [6.07, 6.45) is 28.8. The highest BCUT2D eigenvalue weighted by atomic mass is 16.5. The zero-order valence-electron chi connectivity index (χ0n) is 27.3. The highest BCUT2D eigenvalue weighted by molar-refractivity contribution is 5.75. The third-order valence-electron chi connectivity index (χ3n) is 8.73. The Hall–Kier alpha value is -1.06. The summed E-state index contributed by atoms with van der Waals surface area (Å²) < 4.78 is 11.1. The SMILES string of the molecule is CC(C)CCCCCCCCCCCOC(=O)C1CCC(C(=O)OCCCCCCCCCCCC(C)C)CC1. The van der Waals surface area contributed by atoms with E-state index < -0.39 is 0 Å². The Morgan fingerprint density at radius 1 is 0.450 bits per heavy atom. The largest absolute Gasteiger partial charge is 0.465 e. The van der Waals surface area contributed by atoms with Crippen LogP contribution in [0, 0.1) is 23.7 Å². The van der Waals surface area contributed by atoms with Gasteiger partial charge in [0.25, 0.3) is 0 Å². The van der Waals surface area contributed by atoms with Gasteiger partial charge < -0.3 is 9.47 Å². The molecule has 1 aliphatic rings. The number of carbonyl (C=O) groups is 2. The highest BCUT2D eigenvalue weighted by Gasteiger charge is 2.31. The molecule has 0 aromatic heterocycles. The van der Waals surface area contributed by atoms with E-state index in [1.165, 1.54) is 103 Å². The summed E-state index contributed by atoms with van der Waals surface area (Å²) >= 11 is 0. The van der Waals surface area contributed by atoms with Gasteiger partial charge in [-0.05, 0) is 50.4 Å². The lowest BCUT2D eigenvalue weighted by Crippen LogP contribution is -2.28. The van der Waals surface area contributed by atoms with Crippen LogP contribution in [0.15, 0.2) is 0 Å². The average molecular weight is 565 g/mol. The molecular formula is C36H68O4. The van der Waals surface area contributed by atoms with Crippen molar-refractivity contribution in [2.24, 2.45) is 23.7 Å². The second-order valence-electron chi connectivity index (χ2n) is 13.6. The first-order chi connectivity index (χ1) is 19.4. The lowest BCUT2D eigenvalue weighted by atomic mass is 9.82. The number of hydrogen-bond acceptors (Lipinski definition) is 4. The quantitative estimate of drug-likeness (QED) is 0.0774. The molecule has 0 unspecified atom stereocenters. The van der Waals surface area contributed by atoms with Crippen LogP contribution >= 0.6 is 0 Å². The minimum absolute atomic E-state index is 0.0325. The predicted octanol–water partition coefficient (Wildman–Crippen LogP) is 11.0. The minimum atomic E-state index is -0.0521. The van der Waals surface area contributed by atoms with Crippen molar-refractivity contribution in [3.63, 3.8) is 0 Å². The van der Waals surface area contributed by atoms with Crippen molar-refractivity contribution in [2.45, 2.75) is 182 Å². The number of unbranched alkanes of at least 4 members (excludes halogenated alkanes) is 16. The van der Waals surface area contributed by atoms with Crippen molar-refractivity contribution in [1.29, 1.82) is 0 Å². The Balaban J connectivity index is 1.90. The fraction of sp³-hybridized carbons (Fsp3) is 0.944. The smallest absolute Gasteiger partial charge is 0.308 e. The molecule has 1 fully saturated rings. The lowest BCUT2D eigenvalue weighted by molar-refractivity contribution is -0.155. The molecule has 0 N–H and O–H groups in total. The molecule has 0 aliphatic heterocycles. The van der Waals surface area contributed by atoms with Gasteiger partial charge in [0.1, 0.15) is 0 Å². The molecule has 1 saturated carbocycles. The van der Waals surface area contributed by atoms with Crippen LogP contribution in [-0.2, 0) is 19.1 Å². The number of rotatable bonds is 26. The van der Waals surface area contributed by atoms with Crippen molar-refractivity contribution in [2.75, 3.05) is 13.2 Å². The maximum atomic E-state index is 12.4. The van der Waals surface area contributed by atoms with E-state index in [1.54, 1.807) is 0 Å². The van der Waals surface area contributed by atoms with Gasteiger partial charge in [-0.1, -0.05) is 143 Å². The summed E-state index contributed by atoms with van der Waals surface area (Å²) in [5.41, 5.74) is 0. The highest BCUT2D eigenvalue weighted by Crippen LogP contribution is 2.30. The summed E-state index contributed by atoms with van der Waals surface area (Å²) in [6.45, 7) is 10.3. The molecule has 236 valence electrons. The molecule has 0 amide bonds. The van der Waals surface area contributed by atoms with E-state index in [0.717, 1.165) is 63.2 Å². The molecule has 4 heteroatoms. The van der Waals surface area contributed by atoms with Gasteiger partial charge in [0.15, 0.2) is 0 Å². The van der Waals surface area contributed by atoms with Crippen LogP contribution < -0.4 is 0 Å². The van der Waals surface area contributed by atoms with Crippen LogP contribution in [0.25, 0.3) is 0 Å². The standard InChI is InChI=1S/C36H68O4/c1-31(2)23-19-15-11-7-5-9-13-17-21-29-39-35(37)33-25-27-34(28-26-33)36(38)40-30-22-18-14-10-6-8-12-16-20-24-32(3)4/h31-34H,5-30H2,1-4H3. The van der Waals surface area contributed by atoms with Gasteiger partial charge in [0, 0.05) is 0 Å². The van der Waals surface area contributed by atoms with Crippen molar-refractivity contribution < 1.29 is 19.1 Å². The van der Waals surface area contributed by atoms with Gasteiger partial charge in [0.05, 0.1) is 25.0 Å². The number of carbonyl (C=O) groups excluding carboxylic acids is 2. The van der Waals surface area contributed by atoms with Gasteiger partial charge in [-0.25, -0.2) is 0 Å². The molecule has 0 aromatic rings. The minimum Gasteiger partial charge on any atom is -0.465 e. The number of hydrogen-bond donors (Lipinski definition) is 0. The van der Waals surface area contributed by atoms with Crippen LogP contribution in [0.1, 0.15) is 182 Å². The van der Waals surface area contributed by atoms with E-state index in [9.17, 15) is 9.59 Å². The summed E-state index contributed by atoms with van der Waals surface area (Å²) in [5.74, 6) is 1.51. The topological polar surface area (TPSA) is 52.6 Å². The van der Waals surface area contributed by atoms with Crippen molar-refractivity contribution in [1.82, 2.24) is 0 Å². The summed E-state index contributed by atoms with van der Waals surface area (Å²) in [7, 11) is 0. The van der Waals surface area contributed by atoms with Crippen LogP contribution in [0.3, 0.4) is 0 Å². The number of esters is 2. The van der Waals surface area contributed by atoms with Crippen LogP contribution in [0.2, 0.25) is 0 Å². The van der Waals surface area contributed by atoms with Crippen LogP contribution in [-0.4, -0.2) is 25.2 Å². The molecular weight excluding hydrogens is 496 g/mol. The molecule has 0 saturated heterocycles. The van der Waals surface area contributed by atoms with Gasteiger partial charge in [-0.15, -0.1) is 0 Å². The second-order valence-corrected chi connectivity index (χ2v) is 13.6. The zero-order chi connectivity index (χ0) is 29.3. The molecule has 0 radical (unpaired) electrons. The van der Waals surface area contributed by atoms with E-state index in [1.807, 2.05) is 0 Å². The fourth-order valence-corrected chi connectivity index (χ4v) is 5.93. The lowest BCUT2D eigenvalue weighted by Gasteiger charge is -2.26. The third kappa shape index (κ3) is 21.7. The maximum Gasteiger partial charge on any atom is 0.308 e. The third-order valence-corrected chi connectivity index (χ3v) is 8.73. The molecule has 0 aromatic carbocycles. The van der Waals surface area contributed by atoms with Crippen molar-refractivity contribution >= 4 is 11.9 Å². The normalized spacial score (nSPS) is 17.4. The Morgan fingerprint density at radius 3 is 0.975 bits per heavy atom. The average Bonchev–Trinajstić information content (AvgIpc) is 2.93. The predicted molar refractivity (Wildman–Crippen MR) is 169 cm³/mol. The molecule has 4 nitrogen and oxygen atoms in total. The van der Waals surface area contributed by atoms with Gasteiger partial charge in [-0.2, -0.15) is 0 Å². The van der Waals surface area contributed by atoms with E-state index in [2.05, 4.69) is 27.7 Å². The molecule has 0 spiro atoms. The van der Waals surface area contributed by atoms with Gasteiger partial charge in [-0.3, -0.25) is 9.59 Å². The van der Waals surface area contributed by atoms with Crippen LogP contribution in [0.4, 0.5) is 0 Å². The Bertz CT molecular complexity index is 540. The second kappa shape index (κ2) is 25.6. The first kappa shape index (κ1) is 37.0. The van der Waals surface area contributed by atoms with Gasteiger partial charge >= 0.3 is 11.9 Å². The monoisotopic (exact) mass is 565 g/mol. The molecule has 0 bridgehead atoms. The Labute approximate surface area is 249 Å². The molecule has 0 atom stereocenters. The Morgan fingerprint density at radius 2 is 0.700 bits per heavy atom. The van der Waals surface area contributed by atoms with E-state index in [4.69, 9.17) is 9.47 Å².